The molecular weight excluding hydrogens is 361 g/mol. The molecule has 0 bridgehead atoms. The number of hydrogen-bond acceptors (Lipinski definition) is 5. The molecule has 0 N–H and O–H groups in total. The van der Waals surface area contributed by atoms with Crippen LogP contribution in [0.4, 0.5) is 4.39 Å². The number of carbonyl (C=O) groups excluding carboxylic acids is 1. The zero-order valence-corrected chi connectivity index (χ0v) is 15.7. The number of methoxy groups -OCH3 is 1. The summed E-state index contributed by atoms with van der Waals surface area (Å²) in [6, 6.07) is 12.5. The van der Waals surface area contributed by atoms with E-state index in [1.54, 1.807) is 6.07 Å². The molecule has 0 radical (unpaired) electrons. The summed E-state index contributed by atoms with van der Waals surface area (Å²) < 4.78 is 24.2. The van der Waals surface area contributed by atoms with Gasteiger partial charge >= 0.3 is 0 Å². The molecule has 144 valence electrons. The van der Waals surface area contributed by atoms with Gasteiger partial charge in [-0.1, -0.05) is 29.4 Å². The van der Waals surface area contributed by atoms with Crippen molar-refractivity contribution in [2.45, 2.75) is 25.8 Å². The molecule has 1 aromatic heterocycles. The zero-order valence-electron chi connectivity index (χ0n) is 15.7. The zero-order chi connectivity index (χ0) is 19.7. The summed E-state index contributed by atoms with van der Waals surface area (Å²) in [5.74, 6) is 0.241. The monoisotopic (exact) mass is 381 g/mol. The van der Waals surface area contributed by atoms with Crippen LogP contribution in [-0.2, 0) is 11.3 Å². The Morgan fingerprint density at radius 3 is 2.86 bits per heavy atom. The number of likely N-dealkylation sites (tertiary alicyclic amines) is 1. The van der Waals surface area contributed by atoms with E-state index in [1.165, 1.54) is 19.2 Å². The lowest BCUT2D eigenvalue weighted by Gasteiger charge is -2.17. The molecule has 1 fully saturated rings. The normalized spacial score (nSPS) is 16.6. The Bertz CT molecular complexity index is 1020. The standard InChI is InChI=1S/C21H20FN3O3/c1-13-5-3-4-6-15(13)11-25-12-16(10-19(25)26)21-23-20(24-28-21)14-7-8-18(27-2)17(22)9-14/h3-9,16H,10-12H2,1-2H3. The minimum absolute atomic E-state index is 0.0588. The van der Waals surface area contributed by atoms with Crippen LogP contribution >= 0.6 is 0 Å². The summed E-state index contributed by atoms with van der Waals surface area (Å²) in [5, 5.41) is 3.95. The Kier molecular flexibility index (Phi) is 4.81. The van der Waals surface area contributed by atoms with E-state index < -0.39 is 5.82 Å². The molecule has 4 rings (SSSR count). The fourth-order valence-electron chi connectivity index (χ4n) is 3.41. The first-order valence-corrected chi connectivity index (χ1v) is 9.05. The van der Waals surface area contributed by atoms with Gasteiger partial charge in [0.1, 0.15) is 0 Å². The van der Waals surface area contributed by atoms with Crippen molar-refractivity contribution in [3.63, 3.8) is 0 Å². The predicted octanol–water partition coefficient (Wildman–Crippen LogP) is 3.71. The second kappa shape index (κ2) is 7.42. The van der Waals surface area contributed by atoms with Crippen molar-refractivity contribution in [3.05, 3.63) is 65.3 Å². The highest BCUT2D eigenvalue weighted by molar-refractivity contribution is 5.79. The minimum atomic E-state index is -0.494. The molecule has 2 heterocycles. The number of halogens is 1. The molecule has 2 aromatic carbocycles. The summed E-state index contributed by atoms with van der Waals surface area (Å²) in [6.45, 7) is 3.12. The van der Waals surface area contributed by atoms with Crippen LogP contribution in [0.1, 0.15) is 29.4 Å². The van der Waals surface area contributed by atoms with Crippen LogP contribution in [0.2, 0.25) is 0 Å². The van der Waals surface area contributed by atoms with Crippen molar-refractivity contribution >= 4 is 5.91 Å². The van der Waals surface area contributed by atoms with Crippen LogP contribution in [0.25, 0.3) is 11.4 Å². The van der Waals surface area contributed by atoms with Gasteiger partial charge in [0.15, 0.2) is 11.6 Å². The Morgan fingerprint density at radius 2 is 2.11 bits per heavy atom. The topological polar surface area (TPSA) is 68.5 Å². The van der Waals surface area contributed by atoms with Crippen LogP contribution in [0.5, 0.6) is 5.75 Å². The van der Waals surface area contributed by atoms with E-state index in [9.17, 15) is 9.18 Å². The van der Waals surface area contributed by atoms with Crippen molar-refractivity contribution in [3.8, 4) is 17.1 Å². The van der Waals surface area contributed by atoms with E-state index in [-0.39, 0.29) is 17.6 Å². The SMILES string of the molecule is COc1ccc(-c2noc(C3CC(=O)N(Cc4ccccc4C)C3)n2)cc1F. The highest BCUT2D eigenvalue weighted by Gasteiger charge is 2.34. The van der Waals surface area contributed by atoms with Gasteiger partial charge in [0.25, 0.3) is 0 Å². The Hall–Kier alpha value is -3.22. The number of carbonyl (C=O) groups is 1. The molecule has 1 aliphatic heterocycles. The molecule has 1 atom stereocenters. The summed E-state index contributed by atoms with van der Waals surface area (Å²) in [5.41, 5.74) is 2.77. The van der Waals surface area contributed by atoms with Crippen molar-refractivity contribution < 1.29 is 18.4 Å². The fourth-order valence-corrected chi connectivity index (χ4v) is 3.41. The minimum Gasteiger partial charge on any atom is -0.494 e. The van der Waals surface area contributed by atoms with Gasteiger partial charge in [0.05, 0.1) is 13.0 Å². The first kappa shape index (κ1) is 18.2. The van der Waals surface area contributed by atoms with Gasteiger partial charge in [-0.05, 0) is 36.2 Å². The average molecular weight is 381 g/mol. The molecular formula is C21H20FN3O3. The molecule has 0 spiro atoms. The van der Waals surface area contributed by atoms with Gasteiger partial charge in [-0.15, -0.1) is 0 Å². The Morgan fingerprint density at radius 1 is 1.29 bits per heavy atom. The van der Waals surface area contributed by atoms with Crippen LogP contribution in [-0.4, -0.2) is 34.6 Å². The highest BCUT2D eigenvalue weighted by atomic mass is 19.1. The highest BCUT2D eigenvalue weighted by Crippen LogP contribution is 2.30. The summed E-state index contributed by atoms with van der Waals surface area (Å²) in [7, 11) is 1.41. The number of ether oxygens (including phenoxy) is 1. The number of hydrogen-bond donors (Lipinski definition) is 0. The van der Waals surface area contributed by atoms with Crippen molar-refractivity contribution in [1.82, 2.24) is 15.0 Å². The molecule has 6 nitrogen and oxygen atoms in total. The van der Waals surface area contributed by atoms with Crippen LogP contribution in [0.15, 0.2) is 47.0 Å². The van der Waals surface area contributed by atoms with Gasteiger partial charge in [0.2, 0.25) is 17.6 Å². The maximum absolute atomic E-state index is 13.9. The summed E-state index contributed by atoms with van der Waals surface area (Å²) in [6.07, 6.45) is 0.324. The largest absolute Gasteiger partial charge is 0.494 e. The number of aromatic nitrogens is 2. The molecule has 0 aliphatic carbocycles. The molecule has 1 amide bonds. The second-order valence-corrected chi connectivity index (χ2v) is 6.91. The Balaban J connectivity index is 1.49. The molecule has 1 aliphatic rings. The first-order chi connectivity index (χ1) is 13.5. The number of benzene rings is 2. The molecule has 1 saturated heterocycles. The average Bonchev–Trinajstić information content (AvgIpc) is 3.31. The third-order valence-electron chi connectivity index (χ3n) is 5.04. The van der Waals surface area contributed by atoms with E-state index in [0.717, 1.165) is 11.1 Å². The maximum Gasteiger partial charge on any atom is 0.232 e. The lowest BCUT2D eigenvalue weighted by molar-refractivity contribution is -0.128. The van der Waals surface area contributed by atoms with E-state index in [1.807, 2.05) is 36.1 Å². The van der Waals surface area contributed by atoms with E-state index in [2.05, 4.69) is 10.1 Å². The summed E-state index contributed by atoms with van der Waals surface area (Å²) >= 11 is 0. The van der Waals surface area contributed by atoms with Gasteiger partial charge in [-0.25, -0.2) is 4.39 Å². The van der Waals surface area contributed by atoms with Crippen LogP contribution < -0.4 is 4.74 Å². The quantitative estimate of drug-likeness (QED) is 0.674. The summed E-state index contributed by atoms with van der Waals surface area (Å²) in [4.78, 5) is 18.6. The van der Waals surface area contributed by atoms with Gasteiger partial charge in [-0.2, -0.15) is 4.98 Å². The third kappa shape index (κ3) is 3.47. The first-order valence-electron chi connectivity index (χ1n) is 9.05. The number of nitrogens with zero attached hydrogens (tertiary/aromatic N) is 3. The van der Waals surface area contributed by atoms with E-state index in [0.29, 0.717) is 36.8 Å². The third-order valence-corrected chi connectivity index (χ3v) is 5.04. The van der Waals surface area contributed by atoms with E-state index in [4.69, 9.17) is 9.26 Å². The van der Waals surface area contributed by atoms with Crippen molar-refractivity contribution in [1.29, 1.82) is 0 Å². The maximum atomic E-state index is 13.9. The lowest BCUT2D eigenvalue weighted by Crippen LogP contribution is -2.24. The second-order valence-electron chi connectivity index (χ2n) is 6.91. The van der Waals surface area contributed by atoms with Gasteiger partial charge in [0, 0.05) is 25.1 Å². The number of amides is 1. The fraction of sp³-hybridized carbons (Fsp3) is 0.286. The number of aryl methyl sites for hydroxylation is 1. The Labute approximate surface area is 161 Å². The van der Waals surface area contributed by atoms with Crippen LogP contribution in [0.3, 0.4) is 0 Å². The predicted molar refractivity (Wildman–Crippen MR) is 100 cm³/mol. The van der Waals surface area contributed by atoms with E-state index >= 15 is 0 Å². The molecule has 7 heteroatoms. The van der Waals surface area contributed by atoms with Gasteiger partial charge < -0.3 is 14.2 Å². The van der Waals surface area contributed by atoms with Gasteiger partial charge in [-0.3, -0.25) is 4.79 Å². The lowest BCUT2D eigenvalue weighted by atomic mass is 10.1. The molecule has 1 unspecified atom stereocenters. The van der Waals surface area contributed by atoms with Crippen molar-refractivity contribution in [2.75, 3.05) is 13.7 Å². The number of rotatable bonds is 5. The molecule has 28 heavy (non-hydrogen) atoms. The van der Waals surface area contributed by atoms with Crippen molar-refractivity contribution in [2.24, 2.45) is 0 Å². The molecule has 3 aromatic rings. The molecule has 0 saturated carbocycles. The smallest absolute Gasteiger partial charge is 0.232 e. The van der Waals surface area contributed by atoms with Crippen LogP contribution in [0, 0.1) is 12.7 Å².